The van der Waals surface area contributed by atoms with E-state index >= 15 is 0 Å². The largest absolute Gasteiger partial charge is 0.507 e. The molecule has 3 aromatic rings. The van der Waals surface area contributed by atoms with E-state index in [1.165, 1.54) is 19.4 Å². The molecule has 2 N–H and O–H groups in total. The molecule has 1 amide bonds. The molecule has 0 radical (unpaired) electrons. The van der Waals surface area contributed by atoms with Crippen molar-refractivity contribution in [2.75, 3.05) is 7.11 Å². The van der Waals surface area contributed by atoms with E-state index in [2.05, 4.69) is 26.5 Å². The van der Waals surface area contributed by atoms with Crippen molar-refractivity contribution in [3.8, 4) is 17.2 Å². The van der Waals surface area contributed by atoms with Gasteiger partial charge >= 0.3 is 0 Å². The van der Waals surface area contributed by atoms with Gasteiger partial charge in [-0.2, -0.15) is 5.10 Å². The van der Waals surface area contributed by atoms with Gasteiger partial charge in [0.2, 0.25) is 0 Å². The molecule has 0 aliphatic carbocycles. The number of hydrazone groups is 1. The summed E-state index contributed by atoms with van der Waals surface area (Å²) in [7, 11) is 1.53. The summed E-state index contributed by atoms with van der Waals surface area (Å²) < 4.78 is 11.8. The molecule has 0 aliphatic heterocycles. The number of hydrogen-bond acceptors (Lipinski definition) is 5. The van der Waals surface area contributed by atoms with Gasteiger partial charge in [-0.15, -0.1) is 0 Å². The Hall–Kier alpha value is -3.32. The number of carbonyl (C=O) groups excluding carboxylic acids is 1. The Morgan fingerprint density at radius 1 is 1.10 bits per heavy atom. The number of phenolic OH excluding ortho intramolecular Hbond substituents is 1. The van der Waals surface area contributed by atoms with Crippen LogP contribution < -0.4 is 14.9 Å². The van der Waals surface area contributed by atoms with Gasteiger partial charge in [-0.25, -0.2) is 5.43 Å². The summed E-state index contributed by atoms with van der Waals surface area (Å²) in [5.74, 6) is 0.901. The van der Waals surface area contributed by atoms with Crippen LogP contribution >= 0.6 is 15.9 Å². The van der Waals surface area contributed by atoms with E-state index in [1.807, 2.05) is 24.3 Å². The minimum Gasteiger partial charge on any atom is -0.507 e. The van der Waals surface area contributed by atoms with Gasteiger partial charge in [-0.05, 0) is 60.2 Å². The van der Waals surface area contributed by atoms with E-state index in [4.69, 9.17) is 9.47 Å². The zero-order chi connectivity index (χ0) is 20.6. The highest BCUT2D eigenvalue weighted by atomic mass is 79.9. The first-order valence-corrected chi connectivity index (χ1v) is 9.52. The topological polar surface area (TPSA) is 80.2 Å². The van der Waals surface area contributed by atoms with E-state index in [0.717, 1.165) is 10.0 Å². The summed E-state index contributed by atoms with van der Waals surface area (Å²) in [6.07, 6.45) is 1.35. The maximum atomic E-state index is 12.2. The van der Waals surface area contributed by atoms with Crippen LogP contribution in [0.25, 0.3) is 0 Å². The maximum absolute atomic E-state index is 12.2. The van der Waals surface area contributed by atoms with Crippen LogP contribution in [-0.4, -0.2) is 24.3 Å². The Labute approximate surface area is 176 Å². The Balaban J connectivity index is 1.56. The second-order valence-electron chi connectivity index (χ2n) is 6.07. The number of halogens is 1. The molecule has 148 valence electrons. The predicted molar refractivity (Wildman–Crippen MR) is 115 cm³/mol. The number of methoxy groups -OCH3 is 1. The second kappa shape index (κ2) is 9.75. The molecule has 7 heteroatoms. The SMILES string of the molecule is COc1ccc(O)c(C=NNC(=O)c2ccc(OCc3cccc(Br)c3)cc2)c1. The molecular formula is C22H19BrN2O4. The third-order valence-electron chi connectivity index (χ3n) is 4.02. The number of aromatic hydroxyl groups is 1. The number of phenols is 1. The first kappa shape index (κ1) is 20.4. The third kappa shape index (κ3) is 5.83. The molecule has 0 fully saturated rings. The first-order chi connectivity index (χ1) is 14.0. The smallest absolute Gasteiger partial charge is 0.271 e. The number of nitrogens with zero attached hydrogens (tertiary/aromatic N) is 1. The molecule has 0 saturated heterocycles. The van der Waals surface area contributed by atoms with Crippen molar-refractivity contribution < 1.29 is 19.4 Å². The van der Waals surface area contributed by atoms with E-state index in [0.29, 0.717) is 29.2 Å². The number of benzene rings is 3. The highest BCUT2D eigenvalue weighted by Crippen LogP contribution is 2.21. The summed E-state index contributed by atoms with van der Waals surface area (Å²) in [5.41, 5.74) is 4.33. The van der Waals surface area contributed by atoms with Crippen LogP contribution in [0.2, 0.25) is 0 Å². The number of amides is 1. The lowest BCUT2D eigenvalue weighted by atomic mass is 10.2. The van der Waals surface area contributed by atoms with E-state index in [1.54, 1.807) is 36.4 Å². The lowest BCUT2D eigenvalue weighted by Crippen LogP contribution is -2.17. The number of carbonyl (C=O) groups is 1. The molecule has 0 bridgehead atoms. The molecule has 0 aromatic heterocycles. The van der Waals surface area contributed by atoms with Crippen LogP contribution in [0.15, 0.2) is 76.3 Å². The lowest BCUT2D eigenvalue weighted by molar-refractivity contribution is 0.0955. The van der Waals surface area contributed by atoms with Crippen LogP contribution in [-0.2, 0) is 6.61 Å². The average molecular weight is 455 g/mol. The van der Waals surface area contributed by atoms with Gasteiger partial charge in [0.25, 0.3) is 5.91 Å². The van der Waals surface area contributed by atoms with Crippen molar-refractivity contribution in [3.05, 3.63) is 87.9 Å². The van der Waals surface area contributed by atoms with Crippen LogP contribution in [0, 0.1) is 0 Å². The van der Waals surface area contributed by atoms with Gasteiger partial charge in [-0.1, -0.05) is 28.1 Å². The van der Waals surface area contributed by atoms with E-state index in [9.17, 15) is 9.90 Å². The molecule has 3 aromatic carbocycles. The lowest BCUT2D eigenvalue weighted by Gasteiger charge is -2.07. The van der Waals surface area contributed by atoms with Crippen molar-refractivity contribution in [2.45, 2.75) is 6.61 Å². The van der Waals surface area contributed by atoms with Crippen molar-refractivity contribution >= 4 is 28.1 Å². The van der Waals surface area contributed by atoms with Gasteiger partial charge in [0.1, 0.15) is 23.9 Å². The summed E-state index contributed by atoms with van der Waals surface area (Å²) >= 11 is 3.43. The number of hydrogen-bond donors (Lipinski definition) is 2. The third-order valence-corrected chi connectivity index (χ3v) is 4.51. The predicted octanol–water partition coefficient (Wildman–Crippen LogP) is 4.51. The van der Waals surface area contributed by atoms with E-state index in [-0.39, 0.29) is 11.7 Å². The second-order valence-corrected chi connectivity index (χ2v) is 6.98. The first-order valence-electron chi connectivity index (χ1n) is 8.73. The highest BCUT2D eigenvalue weighted by molar-refractivity contribution is 9.10. The normalized spacial score (nSPS) is 10.7. The zero-order valence-corrected chi connectivity index (χ0v) is 17.2. The monoisotopic (exact) mass is 454 g/mol. The molecule has 29 heavy (non-hydrogen) atoms. The van der Waals surface area contributed by atoms with Crippen molar-refractivity contribution in [3.63, 3.8) is 0 Å². The zero-order valence-electron chi connectivity index (χ0n) is 15.6. The Morgan fingerprint density at radius 3 is 2.59 bits per heavy atom. The summed E-state index contributed by atoms with van der Waals surface area (Å²) in [6, 6.07) is 19.4. The Bertz CT molecular complexity index is 1020. The van der Waals surface area contributed by atoms with Crippen molar-refractivity contribution in [2.24, 2.45) is 5.10 Å². The van der Waals surface area contributed by atoms with Crippen LogP contribution in [0.4, 0.5) is 0 Å². The standard InChI is InChI=1S/C22H19BrN2O4/c1-28-20-9-10-21(26)17(12-20)13-24-25-22(27)16-5-7-19(8-6-16)29-14-15-3-2-4-18(23)11-15/h2-13,26H,14H2,1H3,(H,25,27). The van der Waals surface area contributed by atoms with Gasteiger partial charge < -0.3 is 14.6 Å². The molecule has 6 nitrogen and oxygen atoms in total. The number of ether oxygens (including phenoxy) is 2. The Kier molecular flexibility index (Phi) is 6.86. The molecular weight excluding hydrogens is 436 g/mol. The summed E-state index contributed by atoms with van der Waals surface area (Å²) in [4.78, 5) is 12.2. The molecule has 0 unspecified atom stereocenters. The van der Waals surface area contributed by atoms with E-state index < -0.39 is 0 Å². The van der Waals surface area contributed by atoms with Gasteiger partial charge in [0.05, 0.1) is 13.3 Å². The Morgan fingerprint density at radius 2 is 1.86 bits per heavy atom. The fourth-order valence-electron chi connectivity index (χ4n) is 2.48. The molecule has 3 rings (SSSR count). The molecule has 0 atom stereocenters. The van der Waals surface area contributed by atoms with Crippen LogP contribution in [0.3, 0.4) is 0 Å². The van der Waals surface area contributed by atoms with Crippen molar-refractivity contribution in [1.29, 1.82) is 0 Å². The maximum Gasteiger partial charge on any atom is 0.271 e. The minimum absolute atomic E-state index is 0.0377. The fraction of sp³-hybridized carbons (Fsp3) is 0.0909. The van der Waals surface area contributed by atoms with Gasteiger partial charge in [-0.3, -0.25) is 4.79 Å². The fourth-order valence-corrected chi connectivity index (χ4v) is 2.93. The minimum atomic E-state index is -0.373. The summed E-state index contributed by atoms with van der Waals surface area (Å²) in [6.45, 7) is 0.430. The number of nitrogens with one attached hydrogen (secondary N) is 1. The summed E-state index contributed by atoms with van der Waals surface area (Å²) in [5, 5.41) is 13.7. The molecule has 0 saturated carbocycles. The quantitative estimate of drug-likeness (QED) is 0.406. The molecule has 0 aliphatic rings. The van der Waals surface area contributed by atoms with Crippen LogP contribution in [0.1, 0.15) is 21.5 Å². The average Bonchev–Trinajstić information content (AvgIpc) is 2.74. The van der Waals surface area contributed by atoms with Gasteiger partial charge in [0, 0.05) is 15.6 Å². The number of rotatable bonds is 7. The molecule has 0 heterocycles. The van der Waals surface area contributed by atoms with Gasteiger partial charge in [0.15, 0.2) is 0 Å². The van der Waals surface area contributed by atoms with Crippen molar-refractivity contribution in [1.82, 2.24) is 5.43 Å². The highest BCUT2D eigenvalue weighted by Gasteiger charge is 2.06. The van der Waals surface area contributed by atoms with Crippen LogP contribution in [0.5, 0.6) is 17.2 Å². The molecule has 0 spiro atoms.